The van der Waals surface area contributed by atoms with Gasteiger partial charge in [0.1, 0.15) is 11.9 Å². The number of carbonyl (C=O) groups is 3. The lowest BCUT2D eigenvalue weighted by Gasteiger charge is -2.21. The molecule has 0 aromatic carbocycles. The Morgan fingerprint density at radius 3 is 2.88 bits per heavy atom. The molecular weight excluding hydrogens is 216 g/mol. The lowest BCUT2D eigenvalue weighted by Crippen LogP contribution is -2.52. The topological polar surface area (TPSA) is 134 Å². The number of oxime groups is 1. The van der Waals surface area contributed by atoms with E-state index in [0.29, 0.717) is 0 Å². The van der Waals surface area contributed by atoms with Gasteiger partial charge in [-0.1, -0.05) is 5.16 Å². The summed E-state index contributed by atoms with van der Waals surface area (Å²) in [5, 5.41) is 15.3. The van der Waals surface area contributed by atoms with E-state index in [-0.39, 0.29) is 31.0 Å². The van der Waals surface area contributed by atoms with Gasteiger partial charge >= 0.3 is 0 Å². The summed E-state index contributed by atoms with van der Waals surface area (Å²) >= 11 is 0. The molecule has 0 spiro atoms. The van der Waals surface area contributed by atoms with Gasteiger partial charge < -0.3 is 16.3 Å². The Balaban J connectivity index is 2.45. The molecule has 5 N–H and O–H groups in total. The third-order valence-electron chi connectivity index (χ3n) is 2.04. The molecule has 0 aliphatic carbocycles. The molecule has 8 nitrogen and oxygen atoms in total. The van der Waals surface area contributed by atoms with Crippen LogP contribution in [-0.2, 0) is 14.4 Å². The Morgan fingerprint density at radius 2 is 2.31 bits per heavy atom. The highest BCUT2D eigenvalue weighted by molar-refractivity contribution is 6.04. The van der Waals surface area contributed by atoms with E-state index in [4.69, 9.17) is 10.9 Å². The Kier molecular flexibility index (Phi) is 3.81. The average Bonchev–Trinajstić information content (AvgIpc) is 2.22. The number of nitrogens with two attached hydrogens (primary N) is 1. The number of amidine groups is 1. The highest BCUT2D eigenvalue weighted by atomic mass is 16.4. The maximum Gasteiger partial charge on any atom is 0.249 e. The van der Waals surface area contributed by atoms with Crippen LogP contribution in [0.1, 0.15) is 19.3 Å². The molecule has 1 atom stereocenters. The van der Waals surface area contributed by atoms with E-state index in [1.165, 1.54) is 0 Å². The van der Waals surface area contributed by atoms with Crippen molar-refractivity contribution in [2.45, 2.75) is 25.3 Å². The van der Waals surface area contributed by atoms with Gasteiger partial charge in [0.2, 0.25) is 17.7 Å². The summed E-state index contributed by atoms with van der Waals surface area (Å²) in [7, 11) is 0. The van der Waals surface area contributed by atoms with Gasteiger partial charge in [-0.2, -0.15) is 0 Å². The number of carbonyl (C=O) groups excluding carboxylic acids is 3. The van der Waals surface area contributed by atoms with Crippen molar-refractivity contribution in [3.63, 3.8) is 0 Å². The summed E-state index contributed by atoms with van der Waals surface area (Å²) in [6, 6.07) is -0.739. The zero-order valence-electron chi connectivity index (χ0n) is 8.40. The summed E-state index contributed by atoms with van der Waals surface area (Å²) < 4.78 is 0. The van der Waals surface area contributed by atoms with Crippen LogP contribution in [-0.4, -0.2) is 34.8 Å². The Labute approximate surface area is 90.9 Å². The number of rotatable bonds is 3. The molecule has 1 fully saturated rings. The zero-order valence-corrected chi connectivity index (χ0v) is 8.40. The Hall–Kier alpha value is -2.12. The lowest BCUT2D eigenvalue weighted by molar-refractivity contribution is -0.137. The van der Waals surface area contributed by atoms with Crippen LogP contribution in [0, 0.1) is 0 Å². The van der Waals surface area contributed by atoms with Crippen molar-refractivity contribution in [3.05, 3.63) is 0 Å². The molecule has 1 aliphatic heterocycles. The summed E-state index contributed by atoms with van der Waals surface area (Å²) in [5.74, 6) is -1.68. The highest BCUT2D eigenvalue weighted by Gasteiger charge is 2.27. The van der Waals surface area contributed by atoms with Gasteiger partial charge in [0.15, 0.2) is 0 Å². The average molecular weight is 228 g/mol. The first kappa shape index (κ1) is 12.0. The number of hydrogen-bond acceptors (Lipinski definition) is 5. The fraction of sp³-hybridized carbons (Fsp3) is 0.500. The number of amides is 3. The van der Waals surface area contributed by atoms with Crippen molar-refractivity contribution in [2.24, 2.45) is 10.9 Å². The summed E-state index contributed by atoms with van der Waals surface area (Å²) in [4.78, 5) is 33.3. The molecule has 8 heteroatoms. The minimum atomic E-state index is -0.739. The summed E-state index contributed by atoms with van der Waals surface area (Å²) in [6.07, 6.45) is 0.140. The monoisotopic (exact) mass is 228 g/mol. The molecule has 1 unspecified atom stereocenters. The van der Waals surface area contributed by atoms with E-state index >= 15 is 0 Å². The third kappa shape index (κ3) is 3.23. The van der Waals surface area contributed by atoms with Crippen LogP contribution in [0.5, 0.6) is 0 Å². The molecule has 0 aromatic rings. The first-order valence-electron chi connectivity index (χ1n) is 4.62. The second-order valence-corrected chi connectivity index (χ2v) is 3.34. The van der Waals surface area contributed by atoms with Crippen molar-refractivity contribution in [1.29, 1.82) is 0 Å². The normalized spacial score (nSPS) is 21.5. The molecule has 16 heavy (non-hydrogen) atoms. The summed E-state index contributed by atoms with van der Waals surface area (Å²) in [5.41, 5.74) is 5.12. The van der Waals surface area contributed by atoms with Gasteiger partial charge in [0, 0.05) is 6.42 Å². The molecule has 1 rings (SSSR count). The zero-order chi connectivity index (χ0) is 12.1. The van der Waals surface area contributed by atoms with E-state index in [1.54, 1.807) is 0 Å². The predicted molar refractivity (Wildman–Crippen MR) is 52.3 cm³/mol. The number of imide groups is 1. The van der Waals surface area contributed by atoms with Crippen LogP contribution < -0.4 is 16.4 Å². The molecule has 3 amide bonds. The van der Waals surface area contributed by atoms with Crippen LogP contribution in [0.15, 0.2) is 5.16 Å². The van der Waals surface area contributed by atoms with Crippen molar-refractivity contribution in [2.75, 3.05) is 0 Å². The molecule has 1 heterocycles. The van der Waals surface area contributed by atoms with Crippen LogP contribution in [0.2, 0.25) is 0 Å². The second kappa shape index (κ2) is 5.10. The van der Waals surface area contributed by atoms with Crippen LogP contribution >= 0.6 is 0 Å². The van der Waals surface area contributed by atoms with Gasteiger partial charge in [0.25, 0.3) is 0 Å². The van der Waals surface area contributed by atoms with E-state index in [0.717, 1.165) is 0 Å². The molecule has 0 radical (unpaired) electrons. The molecule has 0 saturated carbocycles. The molecule has 0 aromatic heterocycles. The van der Waals surface area contributed by atoms with Crippen LogP contribution in [0.25, 0.3) is 0 Å². The van der Waals surface area contributed by atoms with Crippen molar-refractivity contribution >= 4 is 23.6 Å². The quantitative estimate of drug-likeness (QED) is 0.146. The first-order chi connectivity index (χ1) is 7.52. The molecule has 1 saturated heterocycles. The summed E-state index contributed by atoms with van der Waals surface area (Å²) in [6.45, 7) is 0. The fourth-order valence-corrected chi connectivity index (χ4v) is 1.28. The van der Waals surface area contributed by atoms with Gasteiger partial charge in [-0.25, -0.2) is 0 Å². The largest absolute Gasteiger partial charge is 0.409 e. The SMILES string of the molecule is NC(CC(=O)NC1CCC(=O)NC1=O)=NO. The van der Waals surface area contributed by atoms with Gasteiger partial charge in [-0.15, -0.1) is 0 Å². The van der Waals surface area contributed by atoms with Gasteiger partial charge in [-0.3, -0.25) is 19.7 Å². The van der Waals surface area contributed by atoms with E-state index < -0.39 is 17.9 Å². The molecule has 88 valence electrons. The minimum absolute atomic E-state index is 0.181. The molecule has 1 aliphatic rings. The highest BCUT2D eigenvalue weighted by Crippen LogP contribution is 2.04. The maximum atomic E-state index is 11.3. The van der Waals surface area contributed by atoms with E-state index in [2.05, 4.69) is 15.8 Å². The van der Waals surface area contributed by atoms with Crippen LogP contribution in [0.3, 0.4) is 0 Å². The van der Waals surface area contributed by atoms with Gasteiger partial charge in [-0.05, 0) is 6.42 Å². The number of nitrogens with one attached hydrogen (secondary N) is 2. The minimum Gasteiger partial charge on any atom is -0.409 e. The number of nitrogens with zero attached hydrogens (tertiary/aromatic N) is 1. The first-order valence-corrected chi connectivity index (χ1v) is 4.62. The molecule has 0 bridgehead atoms. The molecular formula is C8H12N4O4. The van der Waals surface area contributed by atoms with E-state index in [1.807, 2.05) is 0 Å². The van der Waals surface area contributed by atoms with Crippen molar-refractivity contribution < 1.29 is 19.6 Å². The Morgan fingerprint density at radius 1 is 1.62 bits per heavy atom. The Bertz CT molecular complexity index is 352. The lowest BCUT2D eigenvalue weighted by atomic mass is 10.1. The smallest absolute Gasteiger partial charge is 0.249 e. The second-order valence-electron chi connectivity index (χ2n) is 3.34. The number of hydrogen-bond donors (Lipinski definition) is 4. The standard InChI is InChI=1S/C8H12N4O4/c9-5(12-16)3-7(14)10-4-1-2-6(13)11-8(4)15/h4,16H,1-3H2,(H2,9,12)(H,10,14)(H,11,13,15). The van der Waals surface area contributed by atoms with Crippen LogP contribution in [0.4, 0.5) is 0 Å². The number of piperidine rings is 1. The van der Waals surface area contributed by atoms with Crippen molar-refractivity contribution in [1.82, 2.24) is 10.6 Å². The van der Waals surface area contributed by atoms with Gasteiger partial charge in [0.05, 0.1) is 6.42 Å². The fourth-order valence-electron chi connectivity index (χ4n) is 1.28. The predicted octanol–water partition coefficient (Wildman–Crippen LogP) is -1.96. The third-order valence-corrected chi connectivity index (χ3v) is 2.04. The maximum absolute atomic E-state index is 11.3. The van der Waals surface area contributed by atoms with E-state index in [9.17, 15) is 14.4 Å². The van der Waals surface area contributed by atoms with Crippen molar-refractivity contribution in [3.8, 4) is 0 Å².